The number of anilines is 3. The molecule has 0 aliphatic carbocycles. The van der Waals surface area contributed by atoms with Crippen LogP contribution in [-0.4, -0.2) is 50.7 Å². The van der Waals surface area contributed by atoms with E-state index in [4.69, 9.17) is 23.7 Å². The highest BCUT2D eigenvalue weighted by Gasteiger charge is 2.39. The monoisotopic (exact) mass is 570 g/mol. The van der Waals surface area contributed by atoms with Crippen LogP contribution in [0.1, 0.15) is 45.9 Å². The van der Waals surface area contributed by atoms with Gasteiger partial charge in [0.25, 0.3) is 5.91 Å². The number of pyridine rings is 1. The first-order chi connectivity index (χ1) is 19.9. The number of ether oxygens (including phenoxy) is 3. The van der Waals surface area contributed by atoms with E-state index in [1.54, 1.807) is 38.6 Å². The molecule has 6 rings (SSSR count). The first-order valence-corrected chi connectivity index (χ1v) is 13.5. The molecule has 5 heterocycles. The van der Waals surface area contributed by atoms with Gasteiger partial charge in [0, 0.05) is 35.4 Å². The van der Waals surface area contributed by atoms with Gasteiger partial charge in [-0.25, -0.2) is 15.0 Å². The smallest absolute Gasteiger partial charge is 0.303 e. The summed E-state index contributed by atoms with van der Waals surface area (Å²) in [5.41, 5.74) is 3.92. The lowest BCUT2D eigenvalue weighted by Gasteiger charge is -2.34. The van der Waals surface area contributed by atoms with Crippen molar-refractivity contribution < 1.29 is 28.3 Å². The third-order valence-electron chi connectivity index (χ3n) is 7.11. The molecule has 3 aromatic heterocycles. The van der Waals surface area contributed by atoms with Gasteiger partial charge in [0.1, 0.15) is 35.6 Å². The van der Waals surface area contributed by atoms with Crippen LogP contribution < -0.4 is 19.7 Å². The van der Waals surface area contributed by atoms with Gasteiger partial charge < -0.3 is 29.0 Å². The van der Waals surface area contributed by atoms with E-state index in [2.05, 4.69) is 20.4 Å². The number of hydrogen-bond acceptors (Lipinski definition) is 11. The highest BCUT2D eigenvalue weighted by Crippen LogP contribution is 2.46. The summed E-state index contributed by atoms with van der Waals surface area (Å²) in [4.78, 5) is 40.2. The second kappa shape index (κ2) is 9.82. The number of amides is 1. The zero-order chi connectivity index (χ0) is 29.8. The molecule has 0 spiro atoms. The van der Waals surface area contributed by atoms with Crippen molar-refractivity contribution in [2.75, 3.05) is 23.4 Å². The Kier molecular flexibility index (Phi) is 6.36. The number of hydrogen-bond donors (Lipinski definition) is 1. The molecule has 42 heavy (non-hydrogen) atoms. The standard InChI is InChI=1S/C30H30N6O6/c1-16-15-40-35-24(16)18-7-8-20-21-14-32-28(34-25(21)29(3,4)42-23(20)11-18)33-19-12-22-26(31-13-19)39-10-9-36(22)27(38)30(5,6)41-17(2)37/h7-8,11-15H,9-10H2,1-6H3,(H,32,33,34). The Hall–Kier alpha value is -5.00. The third-order valence-corrected chi connectivity index (χ3v) is 7.11. The number of carbonyl (C=O) groups is 2. The van der Waals surface area contributed by atoms with Gasteiger partial charge in [-0.2, -0.15) is 0 Å². The zero-order valence-corrected chi connectivity index (χ0v) is 24.1. The van der Waals surface area contributed by atoms with Crippen LogP contribution >= 0.6 is 0 Å². The number of nitrogens with zero attached hydrogens (tertiary/aromatic N) is 5. The van der Waals surface area contributed by atoms with Crippen molar-refractivity contribution in [2.45, 2.75) is 52.7 Å². The van der Waals surface area contributed by atoms with Gasteiger partial charge >= 0.3 is 5.97 Å². The van der Waals surface area contributed by atoms with Crippen molar-refractivity contribution in [1.82, 2.24) is 20.1 Å². The molecule has 0 radical (unpaired) electrons. The Labute approximate surface area is 242 Å². The van der Waals surface area contributed by atoms with E-state index in [1.165, 1.54) is 11.8 Å². The Morgan fingerprint density at radius 2 is 1.93 bits per heavy atom. The van der Waals surface area contributed by atoms with Crippen LogP contribution in [0, 0.1) is 6.92 Å². The van der Waals surface area contributed by atoms with Crippen molar-refractivity contribution in [3.8, 4) is 34.0 Å². The fraction of sp³-hybridized carbons (Fsp3) is 0.333. The van der Waals surface area contributed by atoms with Gasteiger partial charge in [-0.15, -0.1) is 0 Å². The summed E-state index contributed by atoms with van der Waals surface area (Å²) in [6, 6.07) is 7.63. The van der Waals surface area contributed by atoms with Gasteiger partial charge in [0.2, 0.25) is 11.8 Å². The van der Waals surface area contributed by atoms with Crippen molar-refractivity contribution in [2.24, 2.45) is 0 Å². The van der Waals surface area contributed by atoms with Crippen LogP contribution in [0.15, 0.2) is 47.4 Å². The van der Waals surface area contributed by atoms with E-state index in [-0.39, 0.29) is 19.1 Å². The van der Waals surface area contributed by atoms with Crippen LogP contribution in [-0.2, 0) is 19.9 Å². The second-order valence-electron chi connectivity index (χ2n) is 11.2. The molecule has 0 bridgehead atoms. The number of aryl methyl sites for hydroxylation is 1. The van der Waals surface area contributed by atoms with E-state index >= 15 is 0 Å². The summed E-state index contributed by atoms with van der Waals surface area (Å²) < 4.78 is 22.5. The normalized spacial score (nSPS) is 15.0. The minimum Gasteiger partial charge on any atom is -0.481 e. The fourth-order valence-corrected chi connectivity index (χ4v) is 5.20. The van der Waals surface area contributed by atoms with E-state index in [0.717, 1.165) is 27.9 Å². The lowest BCUT2D eigenvalue weighted by Crippen LogP contribution is -2.50. The van der Waals surface area contributed by atoms with E-state index < -0.39 is 17.2 Å². The Morgan fingerprint density at radius 1 is 1.12 bits per heavy atom. The summed E-state index contributed by atoms with van der Waals surface area (Å²) >= 11 is 0. The lowest BCUT2D eigenvalue weighted by molar-refractivity contribution is -0.161. The maximum atomic E-state index is 13.3. The molecule has 4 aromatic rings. The lowest BCUT2D eigenvalue weighted by atomic mass is 9.90. The average Bonchev–Trinajstić information content (AvgIpc) is 3.37. The molecule has 12 nitrogen and oxygen atoms in total. The van der Waals surface area contributed by atoms with E-state index in [9.17, 15) is 9.59 Å². The summed E-state index contributed by atoms with van der Waals surface area (Å²) in [7, 11) is 0. The minimum absolute atomic E-state index is 0.263. The van der Waals surface area contributed by atoms with Crippen molar-refractivity contribution in [3.63, 3.8) is 0 Å². The van der Waals surface area contributed by atoms with Crippen LogP contribution in [0.3, 0.4) is 0 Å². The summed E-state index contributed by atoms with van der Waals surface area (Å²) in [5.74, 6) is 0.416. The van der Waals surface area contributed by atoms with Crippen LogP contribution in [0.25, 0.3) is 22.4 Å². The molecule has 0 saturated heterocycles. The minimum atomic E-state index is -1.36. The van der Waals surface area contributed by atoms with Crippen LogP contribution in [0.5, 0.6) is 11.6 Å². The molecule has 1 N–H and O–H groups in total. The van der Waals surface area contributed by atoms with Gasteiger partial charge in [-0.05, 0) is 52.8 Å². The molecule has 216 valence electrons. The molecule has 2 aliphatic heterocycles. The second-order valence-corrected chi connectivity index (χ2v) is 11.2. The molecule has 0 atom stereocenters. The Balaban J connectivity index is 1.30. The highest BCUT2D eigenvalue weighted by atomic mass is 16.6. The zero-order valence-electron chi connectivity index (χ0n) is 24.1. The van der Waals surface area contributed by atoms with Gasteiger partial charge in [0.15, 0.2) is 5.60 Å². The predicted molar refractivity (Wildman–Crippen MR) is 153 cm³/mol. The SMILES string of the molecule is CC(=O)OC(C)(C)C(=O)N1CCOc2ncc(Nc3ncc4c(n3)C(C)(C)Oc3cc(-c5nocc5C)ccc3-4)cc21. The summed E-state index contributed by atoms with van der Waals surface area (Å²) in [6.07, 6.45) is 4.96. The largest absolute Gasteiger partial charge is 0.481 e. The summed E-state index contributed by atoms with van der Waals surface area (Å²) in [5, 5.41) is 7.31. The number of fused-ring (bicyclic) bond motifs is 4. The number of nitrogens with one attached hydrogen (secondary N) is 1. The Bertz CT molecular complexity index is 1730. The van der Waals surface area contributed by atoms with Crippen molar-refractivity contribution >= 4 is 29.2 Å². The number of carbonyl (C=O) groups excluding carboxylic acids is 2. The van der Waals surface area contributed by atoms with E-state index in [0.29, 0.717) is 34.6 Å². The molecule has 0 saturated carbocycles. The molecule has 1 amide bonds. The van der Waals surface area contributed by atoms with E-state index in [1.807, 2.05) is 39.0 Å². The summed E-state index contributed by atoms with van der Waals surface area (Å²) in [6.45, 7) is 10.8. The number of aromatic nitrogens is 4. The van der Waals surface area contributed by atoms with Gasteiger partial charge in [0.05, 0.1) is 24.1 Å². The molecule has 2 aliphatic rings. The first kappa shape index (κ1) is 27.2. The topological polar surface area (TPSA) is 142 Å². The molecular formula is C30H30N6O6. The average molecular weight is 571 g/mol. The number of rotatable bonds is 5. The molecule has 0 unspecified atom stereocenters. The molecule has 0 fully saturated rings. The van der Waals surface area contributed by atoms with Crippen LogP contribution in [0.4, 0.5) is 17.3 Å². The van der Waals surface area contributed by atoms with Gasteiger partial charge in [-0.3, -0.25) is 9.59 Å². The number of benzene rings is 1. The first-order valence-electron chi connectivity index (χ1n) is 13.5. The van der Waals surface area contributed by atoms with Gasteiger partial charge in [-0.1, -0.05) is 11.2 Å². The van der Waals surface area contributed by atoms with Crippen LogP contribution in [0.2, 0.25) is 0 Å². The molecule has 12 heteroatoms. The maximum Gasteiger partial charge on any atom is 0.303 e. The number of esters is 1. The quantitative estimate of drug-likeness (QED) is 0.326. The molecule has 1 aromatic carbocycles. The Morgan fingerprint density at radius 3 is 2.67 bits per heavy atom. The predicted octanol–water partition coefficient (Wildman–Crippen LogP) is 4.94. The van der Waals surface area contributed by atoms with Crippen molar-refractivity contribution in [1.29, 1.82) is 0 Å². The third kappa shape index (κ3) is 4.78. The highest BCUT2D eigenvalue weighted by molar-refractivity contribution is 6.01. The fourth-order valence-electron chi connectivity index (χ4n) is 5.20. The molecular weight excluding hydrogens is 540 g/mol. The maximum absolute atomic E-state index is 13.3. The van der Waals surface area contributed by atoms with Crippen molar-refractivity contribution in [3.05, 3.63) is 54.2 Å².